The molecule has 0 aromatic carbocycles. The maximum atomic E-state index is 5.05. The van der Waals surface area contributed by atoms with Gasteiger partial charge in [-0.25, -0.2) is 0 Å². The van der Waals surface area contributed by atoms with Crippen molar-refractivity contribution in [2.24, 2.45) is 0 Å². The number of piperazine rings is 1. The van der Waals surface area contributed by atoms with Gasteiger partial charge in [0.25, 0.3) is 0 Å². The van der Waals surface area contributed by atoms with Gasteiger partial charge < -0.3 is 10.1 Å². The third-order valence-corrected chi connectivity index (χ3v) is 2.75. The first-order chi connectivity index (χ1) is 5.40. The van der Waals surface area contributed by atoms with E-state index in [1.165, 1.54) is 19.5 Å². The highest BCUT2D eigenvalue weighted by molar-refractivity contribution is 5.85. The van der Waals surface area contributed by atoms with E-state index >= 15 is 0 Å². The summed E-state index contributed by atoms with van der Waals surface area (Å²) >= 11 is 0. The van der Waals surface area contributed by atoms with Crippen LogP contribution in [0.2, 0.25) is 0 Å². The van der Waals surface area contributed by atoms with Gasteiger partial charge in [-0.05, 0) is 6.42 Å². The van der Waals surface area contributed by atoms with E-state index in [4.69, 9.17) is 4.74 Å². The maximum Gasteiger partial charge on any atom is 0.0589 e. The molecule has 13 heavy (non-hydrogen) atoms. The summed E-state index contributed by atoms with van der Waals surface area (Å²) in [6.45, 7) is 4.41. The lowest BCUT2D eigenvalue weighted by atomic mass is 10.2. The summed E-state index contributed by atoms with van der Waals surface area (Å²) in [6, 6.07) is 1.58. The summed E-state index contributed by atoms with van der Waals surface area (Å²) in [6.07, 6.45) is 1.35. The second kappa shape index (κ2) is 6.04. The number of ether oxygens (including phenoxy) is 1. The lowest BCUT2D eigenvalue weighted by molar-refractivity contribution is 0.133. The smallest absolute Gasteiger partial charge is 0.0589 e. The highest BCUT2D eigenvalue weighted by Crippen LogP contribution is 2.22. The number of likely N-dealkylation sites (tertiary alicyclic amines) is 1. The van der Waals surface area contributed by atoms with Crippen LogP contribution in [0.1, 0.15) is 6.42 Å². The molecule has 2 rings (SSSR count). The molecule has 0 aliphatic carbocycles. The highest BCUT2D eigenvalue weighted by atomic mass is 35.5. The van der Waals surface area contributed by atoms with E-state index in [1.54, 1.807) is 7.11 Å². The number of hydrogen-bond acceptors (Lipinski definition) is 3. The molecule has 2 aliphatic heterocycles. The van der Waals surface area contributed by atoms with Gasteiger partial charge in [-0.15, -0.1) is 24.8 Å². The number of rotatable bonds is 3. The Hall–Kier alpha value is 0.460. The fourth-order valence-electron chi connectivity index (χ4n) is 2.13. The van der Waals surface area contributed by atoms with E-state index in [9.17, 15) is 0 Å². The molecule has 2 unspecified atom stereocenters. The molecule has 0 radical (unpaired) electrons. The van der Waals surface area contributed by atoms with Gasteiger partial charge in [-0.1, -0.05) is 0 Å². The third kappa shape index (κ3) is 2.96. The van der Waals surface area contributed by atoms with Gasteiger partial charge >= 0.3 is 0 Å². The van der Waals surface area contributed by atoms with Gasteiger partial charge in [-0.3, -0.25) is 4.90 Å². The topological polar surface area (TPSA) is 24.5 Å². The van der Waals surface area contributed by atoms with Crippen LogP contribution in [0.3, 0.4) is 0 Å². The first-order valence-electron chi connectivity index (χ1n) is 4.36. The zero-order valence-electron chi connectivity index (χ0n) is 7.86. The van der Waals surface area contributed by atoms with Crippen LogP contribution in [0.15, 0.2) is 0 Å². The lowest BCUT2D eigenvalue weighted by Gasteiger charge is -2.26. The van der Waals surface area contributed by atoms with Crippen molar-refractivity contribution in [2.75, 3.05) is 33.4 Å². The van der Waals surface area contributed by atoms with Crippen molar-refractivity contribution in [3.63, 3.8) is 0 Å². The fraction of sp³-hybridized carbons (Fsp3) is 1.00. The molecule has 5 heteroatoms. The normalized spacial score (nSPS) is 31.2. The minimum Gasteiger partial charge on any atom is -0.383 e. The van der Waals surface area contributed by atoms with E-state index in [0.29, 0.717) is 0 Å². The van der Waals surface area contributed by atoms with E-state index in [0.717, 1.165) is 25.2 Å². The van der Waals surface area contributed by atoms with Gasteiger partial charge in [0.2, 0.25) is 0 Å². The Bertz CT molecular complexity index is 148. The average Bonchev–Trinajstić information content (AvgIpc) is 2.60. The van der Waals surface area contributed by atoms with E-state index in [2.05, 4.69) is 10.2 Å². The van der Waals surface area contributed by atoms with Crippen molar-refractivity contribution in [3.8, 4) is 0 Å². The molecule has 3 nitrogen and oxygen atoms in total. The Morgan fingerprint density at radius 2 is 2.23 bits per heavy atom. The van der Waals surface area contributed by atoms with Crippen molar-refractivity contribution >= 4 is 24.8 Å². The van der Waals surface area contributed by atoms with Crippen LogP contribution >= 0.6 is 24.8 Å². The summed E-state index contributed by atoms with van der Waals surface area (Å²) < 4.78 is 5.05. The molecule has 0 spiro atoms. The van der Waals surface area contributed by atoms with Gasteiger partial charge in [0.15, 0.2) is 0 Å². The van der Waals surface area contributed by atoms with E-state index in [-0.39, 0.29) is 24.8 Å². The molecule has 0 aromatic heterocycles. The minimum atomic E-state index is 0. The zero-order chi connectivity index (χ0) is 7.68. The Balaban J connectivity index is 0.000000720. The number of methoxy groups -OCH3 is 1. The van der Waals surface area contributed by atoms with Crippen LogP contribution in [0.25, 0.3) is 0 Å². The van der Waals surface area contributed by atoms with Crippen molar-refractivity contribution < 1.29 is 4.74 Å². The summed E-state index contributed by atoms with van der Waals surface area (Å²) in [5, 5.41) is 3.48. The van der Waals surface area contributed by atoms with Crippen molar-refractivity contribution in [1.29, 1.82) is 0 Å². The van der Waals surface area contributed by atoms with Crippen molar-refractivity contribution in [1.82, 2.24) is 10.2 Å². The zero-order valence-corrected chi connectivity index (χ0v) is 9.50. The van der Waals surface area contributed by atoms with Crippen LogP contribution < -0.4 is 5.32 Å². The van der Waals surface area contributed by atoms with Crippen LogP contribution in [-0.4, -0.2) is 50.3 Å². The molecule has 0 amide bonds. The SMILES string of the molecule is COCCN1CC2CC1CN2.Cl.Cl. The number of nitrogens with one attached hydrogen (secondary N) is 1. The number of halogens is 2. The van der Waals surface area contributed by atoms with Gasteiger partial charge in [0, 0.05) is 38.8 Å². The maximum absolute atomic E-state index is 5.05. The predicted molar refractivity (Wildman–Crippen MR) is 58.1 cm³/mol. The molecule has 0 aromatic rings. The number of hydrogen-bond donors (Lipinski definition) is 1. The molecule has 80 valence electrons. The van der Waals surface area contributed by atoms with Crippen molar-refractivity contribution in [2.45, 2.75) is 18.5 Å². The average molecular weight is 229 g/mol. The minimum absolute atomic E-state index is 0. The molecule has 2 saturated heterocycles. The standard InChI is InChI=1S/C8H16N2O.2ClH/c1-11-3-2-10-6-7-4-8(10)5-9-7;;/h7-9H,2-6H2,1H3;2*1H. The number of fused-ring (bicyclic) bond motifs is 2. The largest absolute Gasteiger partial charge is 0.383 e. The van der Waals surface area contributed by atoms with Crippen molar-refractivity contribution in [3.05, 3.63) is 0 Å². The number of nitrogens with zero attached hydrogens (tertiary/aromatic N) is 1. The molecule has 2 heterocycles. The predicted octanol–water partition coefficient (Wildman–Crippen LogP) is 0.522. The van der Waals surface area contributed by atoms with Crippen LogP contribution in [0.5, 0.6) is 0 Å². The Morgan fingerprint density at radius 3 is 2.69 bits per heavy atom. The fourth-order valence-corrected chi connectivity index (χ4v) is 2.13. The third-order valence-electron chi connectivity index (χ3n) is 2.75. The van der Waals surface area contributed by atoms with Crippen LogP contribution in [0.4, 0.5) is 0 Å². The Labute approximate surface area is 92.0 Å². The molecule has 1 N–H and O–H groups in total. The first-order valence-corrected chi connectivity index (χ1v) is 4.36. The molecule has 2 atom stereocenters. The summed E-state index contributed by atoms with van der Waals surface area (Å²) in [5.74, 6) is 0. The summed E-state index contributed by atoms with van der Waals surface area (Å²) in [4.78, 5) is 2.53. The van der Waals surface area contributed by atoms with E-state index < -0.39 is 0 Å². The van der Waals surface area contributed by atoms with Crippen LogP contribution in [0, 0.1) is 0 Å². The van der Waals surface area contributed by atoms with E-state index in [1.807, 2.05) is 0 Å². The van der Waals surface area contributed by atoms with Gasteiger partial charge in [0.1, 0.15) is 0 Å². The highest BCUT2D eigenvalue weighted by Gasteiger charge is 2.36. The molecule has 2 bridgehead atoms. The van der Waals surface area contributed by atoms with Gasteiger partial charge in [0.05, 0.1) is 6.61 Å². The molecule has 2 aliphatic rings. The molecular weight excluding hydrogens is 211 g/mol. The molecule has 2 fully saturated rings. The Kier molecular flexibility index (Phi) is 6.25. The molecular formula is C8H18Cl2N2O. The second-order valence-corrected chi connectivity index (χ2v) is 3.48. The summed E-state index contributed by atoms with van der Waals surface area (Å²) in [7, 11) is 1.77. The lowest BCUT2D eigenvalue weighted by Crippen LogP contribution is -2.44. The van der Waals surface area contributed by atoms with Gasteiger partial charge in [-0.2, -0.15) is 0 Å². The summed E-state index contributed by atoms with van der Waals surface area (Å²) in [5.41, 5.74) is 0. The second-order valence-electron chi connectivity index (χ2n) is 3.48. The molecule has 0 saturated carbocycles. The Morgan fingerprint density at radius 1 is 1.46 bits per heavy atom. The first kappa shape index (κ1) is 13.5. The monoisotopic (exact) mass is 228 g/mol. The van der Waals surface area contributed by atoms with Crippen LogP contribution in [-0.2, 0) is 4.74 Å². The quantitative estimate of drug-likeness (QED) is 0.763.